The first kappa shape index (κ1) is 12.6. The van der Waals surface area contributed by atoms with E-state index >= 15 is 0 Å². The molecule has 1 aromatic heterocycles. The Hall–Kier alpha value is -1.42. The first-order chi connectivity index (χ1) is 9.38. The minimum absolute atomic E-state index is 0.729. The summed E-state index contributed by atoms with van der Waals surface area (Å²) in [5.41, 5.74) is 2.72. The second-order valence-electron chi connectivity index (χ2n) is 5.05. The maximum atomic E-state index is 4.35. The first-order valence-electron chi connectivity index (χ1n) is 7.05. The number of hydrogen-bond acceptors (Lipinski definition) is 4. The van der Waals surface area contributed by atoms with Crippen molar-refractivity contribution >= 4 is 16.5 Å². The highest BCUT2D eigenvalue weighted by molar-refractivity contribution is 7.18. The predicted molar refractivity (Wildman–Crippen MR) is 80.7 cm³/mol. The average molecular weight is 273 g/mol. The molecule has 0 aliphatic heterocycles. The second-order valence-corrected chi connectivity index (χ2v) is 6.03. The first-order valence-corrected chi connectivity index (χ1v) is 7.87. The monoisotopic (exact) mass is 273 g/mol. The van der Waals surface area contributed by atoms with Crippen molar-refractivity contribution in [2.24, 2.45) is 0 Å². The van der Waals surface area contributed by atoms with Crippen molar-refractivity contribution in [1.29, 1.82) is 0 Å². The molecular weight excluding hydrogens is 254 g/mol. The van der Waals surface area contributed by atoms with Gasteiger partial charge in [0.2, 0.25) is 5.13 Å². The van der Waals surface area contributed by atoms with Crippen LogP contribution in [-0.2, 0) is 0 Å². The number of nitrogens with zero attached hydrogens (tertiary/aromatic N) is 2. The summed E-state index contributed by atoms with van der Waals surface area (Å²) < 4.78 is 0. The molecule has 3 nitrogen and oxygen atoms in total. The van der Waals surface area contributed by atoms with Gasteiger partial charge in [0.15, 0.2) is 0 Å². The topological polar surface area (TPSA) is 37.8 Å². The highest BCUT2D eigenvalue weighted by atomic mass is 32.1. The van der Waals surface area contributed by atoms with Gasteiger partial charge in [0.05, 0.1) is 0 Å². The molecule has 3 rings (SSSR count). The standard InChI is InChI=1S/C15H19N3S/c1-2-10-16-15-18-17-14(19-15)13-9-4-3-8-12(13)11-6-5-7-11/h3-4,8-9,11H,2,5-7,10H2,1H3,(H,16,18). The van der Waals surface area contributed by atoms with Crippen molar-refractivity contribution < 1.29 is 0 Å². The SMILES string of the molecule is CCCNc1nnc(-c2ccccc2C2CCC2)s1. The number of nitrogens with one attached hydrogen (secondary N) is 1. The maximum absolute atomic E-state index is 4.35. The molecular formula is C15H19N3S. The van der Waals surface area contributed by atoms with Gasteiger partial charge in [-0.25, -0.2) is 0 Å². The molecule has 1 heterocycles. The zero-order valence-corrected chi connectivity index (χ0v) is 12.0. The van der Waals surface area contributed by atoms with Crippen LogP contribution in [0.15, 0.2) is 24.3 Å². The lowest BCUT2D eigenvalue weighted by Crippen LogP contribution is -2.09. The molecule has 1 saturated carbocycles. The van der Waals surface area contributed by atoms with E-state index in [9.17, 15) is 0 Å². The summed E-state index contributed by atoms with van der Waals surface area (Å²) >= 11 is 1.66. The van der Waals surface area contributed by atoms with Crippen LogP contribution in [0.3, 0.4) is 0 Å². The average Bonchev–Trinajstić information content (AvgIpc) is 2.84. The van der Waals surface area contributed by atoms with Crippen molar-refractivity contribution in [3.8, 4) is 10.6 Å². The number of anilines is 1. The van der Waals surface area contributed by atoms with Gasteiger partial charge in [-0.2, -0.15) is 0 Å². The second kappa shape index (κ2) is 5.70. The van der Waals surface area contributed by atoms with Crippen LogP contribution in [0.1, 0.15) is 44.1 Å². The molecule has 0 saturated heterocycles. The van der Waals surface area contributed by atoms with E-state index in [-0.39, 0.29) is 0 Å². The van der Waals surface area contributed by atoms with Crippen LogP contribution >= 0.6 is 11.3 Å². The quantitative estimate of drug-likeness (QED) is 0.883. The van der Waals surface area contributed by atoms with Gasteiger partial charge in [-0.3, -0.25) is 0 Å². The van der Waals surface area contributed by atoms with Crippen molar-refractivity contribution in [3.05, 3.63) is 29.8 Å². The molecule has 2 aromatic rings. The molecule has 1 aliphatic carbocycles. The fourth-order valence-electron chi connectivity index (χ4n) is 2.40. The Morgan fingerprint density at radius 1 is 1.26 bits per heavy atom. The molecule has 4 heteroatoms. The Morgan fingerprint density at radius 2 is 2.11 bits per heavy atom. The highest BCUT2D eigenvalue weighted by Crippen LogP contribution is 2.41. The lowest BCUT2D eigenvalue weighted by atomic mass is 9.78. The Bertz CT molecular complexity index is 546. The molecule has 19 heavy (non-hydrogen) atoms. The third-order valence-electron chi connectivity index (χ3n) is 3.69. The number of rotatable bonds is 5. The van der Waals surface area contributed by atoms with E-state index in [1.807, 2.05) is 0 Å². The van der Waals surface area contributed by atoms with Gasteiger partial charge in [0.1, 0.15) is 5.01 Å². The van der Waals surface area contributed by atoms with Crippen LogP contribution in [0, 0.1) is 0 Å². The van der Waals surface area contributed by atoms with Gasteiger partial charge in [-0.1, -0.05) is 48.9 Å². The number of benzene rings is 1. The highest BCUT2D eigenvalue weighted by Gasteiger charge is 2.23. The summed E-state index contributed by atoms with van der Waals surface area (Å²) in [6.45, 7) is 3.11. The lowest BCUT2D eigenvalue weighted by Gasteiger charge is -2.27. The Balaban J connectivity index is 1.86. The largest absolute Gasteiger partial charge is 0.360 e. The summed E-state index contributed by atoms with van der Waals surface area (Å²) in [6.07, 6.45) is 5.10. The van der Waals surface area contributed by atoms with E-state index in [4.69, 9.17) is 0 Å². The zero-order chi connectivity index (χ0) is 13.1. The van der Waals surface area contributed by atoms with Gasteiger partial charge >= 0.3 is 0 Å². The van der Waals surface area contributed by atoms with Gasteiger partial charge in [0.25, 0.3) is 0 Å². The summed E-state index contributed by atoms with van der Waals surface area (Å²) in [6, 6.07) is 8.66. The molecule has 1 N–H and O–H groups in total. The van der Waals surface area contributed by atoms with Crippen LogP contribution in [-0.4, -0.2) is 16.7 Å². The minimum Gasteiger partial charge on any atom is -0.360 e. The van der Waals surface area contributed by atoms with E-state index in [0.717, 1.165) is 29.0 Å². The summed E-state index contributed by atoms with van der Waals surface area (Å²) in [7, 11) is 0. The van der Waals surface area contributed by atoms with Crippen LogP contribution in [0.25, 0.3) is 10.6 Å². The van der Waals surface area contributed by atoms with Crippen molar-refractivity contribution in [2.75, 3.05) is 11.9 Å². The third-order valence-corrected chi connectivity index (χ3v) is 4.60. The molecule has 1 aromatic carbocycles. The zero-order valence-electron chi connectivity index (χ0n) is 11.2. The summed E-state index contributed by atoms with van der Waals surface area (Å²) in [4.78, 5) is 0. The minimum atomic E-state index is 0.729. The number of hydrogen-bond donors (Lipinski definition) is 1. The molecule has 0 spiro atoms. The Kier molecular flexibility index (Phi) is 3.78. The van der Waals surface area contributed by atoms with Crippen LogP contribution in [0.4, 0.5) is 5.13 Å². The Morgan fingerprint density at radius 3 is 2.84 bits per heavy atom. The normalized spacial score (nSPS) is 15.2. The molecule has 100 valence electrons. The fourth-order valence-corrected chi connectivity index (χ4v) is 3.22. The predicted octanol–water partition coefficient (Wildman–Crippen LogP) is 4.29. The molecule has 0 atom stereocenters. The molecule has 0 radical (unpaired) electrons. The lowest BCUT2D eigenvalue weighted by molar-refractivity contribution is 0.420. The van der Waals surface area contributed by atoms with E-state index in [2.05, 4.69) is 46.7 Å². The van der Waals surface area contributed by atoms with Gasteiger partial charge < -0.3 is 5.32 Å². The van der Waals surface area contributed by atoms with Crippen LogP contribution in [0.2, 0.25) is 0 Å². The summed E-state index contributed by atoms with van der Waals surface area (Å²) in [5, 5.41) is 13.9. The third kappa shape index (κ3) is 2.63. The molecule has 0 amide bonds. The Labute approximate surface area is 118 Å². The van der Waals surface area contributed by atoms with E-state index in [0.29, 0.717) is 0 Å². The van der Waals surface area contributed by atoms with Crippen molar-refractivity contribution in [3.63, 3.8) is 0 Å². The molecule has 1 aliphatic rings. The van der Waals surface area contributed by atoms with Gasteiger partial charge in [-0.15, -0.1) is 10.2 Å². The molecule has 1 fully saturated rings. The van der Waals surface area contributed by atoms with Gasteiger partial charge in [0, 0.05) is 12.1 Å². The molecule has 0 bridgehead atoms. The van der Waals surface area contributed by atoms with Crippen LogP contribution in [0.5, 0.6) is 0 Å². The van der Waals surface area contributed by atoms with Gasteiger partial charge in [-0.05, 0) is 30.7 Å². The van der Waals surface area contributed by atoms with Crippen molar-refractivity contribution in [2.45, 2.75) is 38.5 Å². The number of aromatic nitrogens is 2. The van der Waals surface area contributed by atoms with E-state index in [1.54, 1.807) is 11.3 Å². The molecule has 0 unspecified atom stereocenters. The maximum Gasteiger partial charge on any atom is 0.206 e. The van der Waals surface area contributed by atoms with E-state index < -0.39 is 0 Å². The van der Waals surface area contributed by atoms with Crippen molar-refractivity contribution in [1.82, 2.24) is 10.2 Å². The summed E-state index contributed by atoms with van der Waals surface area (Å²) in [5.74, 6) is 0.729. The smallest absolute Gasteiger partial charge is 0.206 e. The van der Waals surface area contributed by atoms with Crippen LogP contribution < -0.4 is 5.32 Å². The van der Waals surface area contributed by atoms with E-state index in [1.165, 1.54) is 30.4 Å². The fraction of sp³-hybridized carbons (Fsp3) is 0.467.